The number of amides is 1. The lowest BCUT2D eigenvalue weighted by Gasteiger charge is -2.39. The van der Waals surface area contributed by atoms with Gasteiger partial charge in [0.2, 0.25) is 0 Å². The van der Waals surface area contributed by atoms with Crippen LogP contribution in [0.5, 0.6) is 5.75 Å². The van der Waals surface area contributed by atoms with Gasteiger partial charge in [0.05, 0.1) is 34.3 Å². The smallest absolute Gasteiger partial charge is 0.251 e. The number of benzene rings is 3. The lowest BCUT2D eigenvalue weighted by atomic mass is 9.99. The molecule has 1 atom stereocenters. The first-order valence-electron chi connectivity index (χ1n) is 14.9. The van der Waals surface area contributed by atoms with Crippen LogP contribution in [0.15, 0.2) is 66.7 Å². The van der Waals surface area contributed by atoms with Crippen LogP contribution in [0.2, 0.25) is 0 Å². The van der Waals surface area contributed by atoms with Gasteiger partial charge in [-0.3, -0.25) is 14.6 Å². The molecule has 2 heterocycles. The van der Waals surface area contributed by atoms with Gasteiger partial charge in [0.1, 0.15) is 5.75 Å². The van der Waals surface area contributed by atoms with Crippen LogP contribution in [-0.4, -0.2) is 93.3 Å². The van der Waals surface area contributed by atoms with Crippen molar-refractivity contribution < 1.29 is 14.0 Å². The second kappa shape index (κ2) is 13.2. The van der Waals surface area contributed by atoms with E-state index in [1.54, 1.807) is 7.11 Å². The SMILES string of the molecule is COc1ccc(CNC(=O)c2cccc(CN3CC[N+](C)(C)CC3)c2)cc1-c1cccc(CN2CCN[C@@H](C)C2)c1. The largest absolute Gasteiger partial charge is 0.496 e. The third kappa shape index (κ3) is 7.95. The number of carbonyl (C=O) groups is 1. The fraction of sp³-hybridized carbons (Fsp3) is 0.441. The highest BCUT2D eigenvalue weighted by molar-refractivity contribution is 5.94. The molecule has 1 amide bonds. The van der Waals surface area contributed by atoms with E-state index in [1.165, 1.54) is 11.1 Å². The van der Waals surface area contributed by atoms with Crippen molar-refractivity contribution in [3.8, 4) is 16.9 Å². The predicted octanol–water partition coefficient (Wildman–Crippen LogP) is 3.98. The zero-order chi connectivity index (χ0) is 28.8. The van der Waals surface area contributed by atoms with Gasteiger partial charge in [-0.05, 0) is 59.5 Å². The van der Waals surface area contributed by atoms with E-state index < -0.39 is 0 Å². The fourth-order valence-corrected chi connectivity index (χ4v) is 5.90. The molecular weight excluding hydrogens is 510 g/mol. The summed E-state index contributed by atoms with van der Waals surface area (Å²) in [6, 6.07) is 23.5. The first kappa shape index (κ1) is 29.3. The number of quaternary nitrogens is 1. The van der Waals surface area contributed by atoms with E-state index in [4.69, 9.17) is 4.74 Å². The Hall–Kier alpha value is -3.23. The van der Waals surface area contributed by atoms with Crippen LogP contribution >= 0.6 is 0 Å². The molecule has 7 nitrogen and oxygen atoms in total. The van der Waals surface area contributed by atoms with Crippen LogP contribution < -0.4 is 15.4 Å². The van der Waals surface area contributed by atoms with Crippen molar-refractivity contribution in [3.63, 3.8) is 0 Å². The highest BCUT2D eigenvalue weighted by atomic mass is 16.5. The summed E-state index contributed by atoms with van der Waals surface area (Å²) in [6.07, 6.45) is 0. The number of carbonyl (C=O) groups excluding carboxylic acids is 1. The topological polar surface area (TPSA) is 56.8 Å². The zero-order valence-corrected chi connectivity index (χ0v) is 25.2. The standard InChI is InChI=1S/C34H45N5O2/c1-26-23-38(14-13-35-26)25-28-7-5-9-30(19-28)32-21-27(11-12-33(32)41-4)22-36-34(40)31-10-6-8-29(20-31)24-37-15-17-39(2,3)18-16-37/h5-12,19-21,26,35H,13-18,22-25H2,1-4H3/p+1/t26-/m0/s1. The third-order valence-corrected chi connectivity index (χ3v) is 8.45. The van der Waals surface area contributed by atoms with Crippen molar-refractivity contribution in [1.82, 2.24) is 20.4 Å². The molecule has 0 radical (unpaired) electrons. The molecule has 0 aromatic heterocycles. The fourth-order valence-electron chi connectivity index (χ4n) is 5.90. The van der Waals surface area contributed by atoms with E-state index in [0.29, 0.717) is 18.2 Å². The monoisotopic (exact) mass is 556 g/mol. The highest BCUT2D eigenvalue weighted by Gasteiger charge is 2.24. The lowest BCUT2D eigenvalue weighted by molar-refractivity contribution is -0.894. The summed E-state index contributed by atoms with van der Waals surface area (Å²) in [6.45, 7) is 12.1. The zero-order valence-electron chi connectivity index (χ0n) is 25.2. The molecule has 3 aromatic carbocycles. The number of nitrogens with zero attached hydrogens (tertiary/aromatic N) is 3. The summed E-state index contributed by atoms with van der Waals surface area (Å²) >= 11 is 0. The van der Waals surface area contributed by atoms with Crippen LogP contribution in [0.1, 0.15) is 34.0 Å². The maximum Gasteiger partial charge on any atom is 0.251 e. The molecule has 2 aliphatic rings. The summed E-state index contributed by atoms with van der Waals surface area (Å²) in [5.41, 5.74) is 6.40. The number of methoxy groups -OCH3 is 1. The Kier molecular flexibility index (Phi) is 9.40. The molecule has 2 saturated heterocycles. The summed E-state index contributed by atoms with van der Waals surface area (Å²) < 4.78 is 6.81. The molecule has 2 aliphatic heterocycles. The van der Waals surface area contributed by atoms with Crippen molar-refractivity contribution >= 4 is 5.91 Å². The van der Waals surface area contributed by atoms with Gasteiger partial charge in [-0.1, -0.05) is 36.4 Å². The van der Waals surface area contributed by atoms with E-state index in [1.807, 2.05) is 30.3 Å². The molecule has 0 spiro atoms. The van der Waals surface area contributed by atoms with Crippen LogP contribution in [0.4, 0.5) is 0 Å². The van der Waals surface area contributed by atoms with E-state index in [2.05, 4.69) is 77.9 Å². The van der Waals surface area contributed by atoms with Gasteiger partial charge in [0.15, 0.2) is 0 Å². The van der Waals surface area contributed by atoms with Gasteiger partial charge in [-0.15, -0.1) is 0 Å². The first-order valence-corrected chi connectivity index (χ1v) is 14.9. The van der Waals surface area contributed by atoms with E-state index in [0.717, 1.165) is 85.8 Å². The highest BCUT2D eigenvalue weighted by Crippen LogP contribution is 2.32. The third-order valence-electron chi connectivity index (χ3n) is 8.45. The first-order chi connectivity index (χ1) is 19.8. The van der Waals surface area contributed by atoms with E-state index in [9.17, 15) is 4.79 Å². The molecule has 0 saturated carbocycles. The lowest BCUT2D eigenvalue weighted by Crippen LogP contribution is -2.54. The van der Waals surface area contributed by atoms with Crippen molar-refractivity contribution in [2.75, 3.05) is 67.0 Å². The van der Waals surface area contributed by atoms with Gasteiger partial charge in [-0.25, -0.2) is 0 Å². The van der Waals surface area contributed by atoms with Gasteiger partial charge in [0, 0.05) is 69.5 Å². The Morgan fingerprint density at radius 1 is 0.927 bits per heavy atom. The molecule has 218 valence electrons. The quantitative estimate of drug-likeness (QED) is 0.391. The molecule has 3 aromatic rings. The Bertz CT molecular complexity index is 1330. The summed E-state index contributed by atoms with van der Waals surface area (Å²) in [5, 5.41) is 6.65. The van der Waals surface area contributed by atoms with Crippen LogP contribution in [0, 0.1) is 0 Å². The molecule has 5 rings (SSSR count). The second-order valence-electron chi connectivity index (χ2n) is 12.4. The van der Waals surface area contributed by atoms with Gasteiger partial charge in [-0.2, -0.15) is 0 Å². The Morgan fingerprint density at radius 2 is 1.66 bits per heavy atom. The van der Waals surface area contributed by atoms with Crippen molar-refractivity contribution in [3.05, 3.63) is 89.0 Å². The summed E-state index contributed by atoms with van der Waals surface area (Å²) in [7, 11) is 6.30. The number of ether oxygens (including phenoxy) is 1. The van der Waals surface area contributed by atoms with Crippen molar-refractivity contribution in [1.29, 1.82) is 0 Å². The van der Waals surface area contributed by atoms with Gasteiger partial charge >= 0.3 is 0 Å². The molecule has 2 N–H and O–H groups in total. The van der Waals surface area contributed by atoms with Crippen molar-refractivity contribution in [2.45, 2.75) is 32.6 Å². The maximum absolute atomic E-state index is 13.1. The van der Waals surface area contributed by atoms with Crippen LogP contribution in [0.25, 0.3) is 11.1 Å². The maximum atomic E-state index is 13.1. The van der Waals surface area contributed by atoms with Crippen LogP contribution in [-0.2, 0) is 19.6 Å². The Balaban J connectivity index is 1.23. The van der Waals surface area contributed by atoms with Crippen molar-refractivity contribution in [2.24, 2.45) is 0 Å². The number of piperazine rings is 2. The van der Waals surface area contributed by atoms with E-state index >= 15 is 0 Å². The number of nitrogens with one attached hydrogen (secondary N) is 2. The van der Waals surface area contributed by atoms with Gasteiger partial charge in [0.25, 0.3) is 5.91 Å². The number of likely N-dealkylation sites (N-methyl/N-ethyl adjacent to an activating group) is 1. The number of rotatable bonds is 9. The molecule has 7 heteroatoms. The minimum atomic E-state index is -0.0482. The summed E-state index contributed by atoms with van der Waals surface area (Å²) in [5.74, 6) is 0.786. The summed E-state index contributed by atoms with van der Waals surface area (Å²) in [4.78, 5) is 18.1. The number of hydrogen-bond donors (Lipinski definition) is 2. The average Bonchev–Trinajstić information content (AvgIpc) is 2.97. The molecule has 0 bridgehead atoms. The minimum Gasteiger partial charge on any atom is -0.496 e. The average molecular weight is 557 g/mol. The second-order valence-corrected chi connectivity index (χ2v) is 12.4. The van der Waals surface area contributed by atoms with Crippen LogP contribution in [0.3, 0.4) is 0 Å². The molecule has 0 aliphatic carbocycles. The number of hydrogen-bond acceptors (Lipinski definition) is 5. The molecule has 2 fully saturated rings. The Labute approximate surface area is 245 Å². The van der Waals surface area contributed by atoms with E-state index in [-0.39, 0.29) is 5.91 Å². The normalized spacial score (nSPS) is 19.6. The molecule has 41 heavy (non-hydrogen) atoms. The predicted molar refractivity (Wildman–Crippen MR) is 166 cm³/mol. The molecule has 0 unspecified atom stereocenters. The minimum absolute atomic E-state index is 0.0482. The Morgan fingerprint density at radius 3 is 2.41 bits per heavy atom. The van der Waals surface area contributed by atoms with Gasteiger partial charge < -0.3 is 19.9 Å². The molecular formula is C34H46N5O2+.